The number of amides is 2. The van der Waals surface area contributed by atoms with Crippen LogP contribution < -0.4 is 10.1 Å². The lowest BCUT2D eigenvalue weighted by Gasteiger charge is -2.26. The average Bonchev–Trinajstić information content (AvgIpc) is 2.70. The van der Waals surface area contributed by atoms with E-state index < -0.39 is 0 Å². The van der Waals surface area contributed by atoms with Crippen molar-refractivity contribution in [3.8, 4) is 5.75 Å². The van der Waals surface area contributed by atoms with Gasteiger partial charge in [0, 0.05) is 35.8 Å². The highest BCUT2D eigenvalue weighted by molar-refractivity contribution is 7.99. The van der Waals surface area contributed by atoms with Gasteiger partial charge in [0.05, 0.1) is 12.2 Å². The van der Waals surface area contributed by atoms with Crippen LogP contribution in [0.1, 0.15) is 33.2 Å². The fraction of sp³-hybridized carbons (Fsp3) is 0.333. The summed E-state index contributed by atoms with van der Waals surface area (Å²) in [4.78, 5) is 27.4. The van der Waals surface area contributed by atoms with E-state index in [1.54, 1.807) is 24.3 Å². The second kappa shape index (κ2) is 8.95. The average molecular weight is 385 g/mol. The lowest BCUT2D eigenvalue weighted by Crippen LogP contribution is -2.37. The van der Waals surface area contributed by atoms with Gasteiger partial charge in [-0.1, -0.05) is 18.2 Å². The Labute approximate surface area is 164 Å². The van der Waals surface area contributed by atoms with Gasteiger partial charge in [-0.2, -0.15) is 11.8 Å². The van der Waals surface area contributed by atoms with Gasteiger partial charge < -0.3 is 15.0 Å². The maximum absolute atomic E-state index is 12.8. The van der Waals surface area contributed by atoms with Crippen molar-refractivity contribution in [2.24, 2.45) is 0 Å². The van der Waals surface area contributed by atoms with Crippen LogP contribution in [0, 0.1) is 6.92 Å². The molecule has 1 aliphatic heterocycles. The summed E-state index contributed by atoms with van der Waals surface area (Å²) in [7, 11) is 0. The van der Waals surface area contributed by atoms with Gasteiger partial charge in [-0.3, -0.25) is 9.59 Å². The van der Waals surface area contributed by atoms with Crippen LogP contribution in [0.5, 0.6) is 5.75 Å². The number of carbonyl (C=O) groups is 2. The quantitative estimate of drug-likeness (QED) is 0.851. The molecule has 1 heterocycles. The number of nitrogens with zero attached hydrogens (tertiary/aromatic N) is 1. The van der Waals surface area contributed by atoms with Crippen molar-refractivity contribution in [1.29, 1.82) is 0 Å². The Morgan fingerprint density at radius 2 is 1.89 bits per heavy atom. The molecule has 2 aromatic rings. The van der Waals surface area contributed by atoms with Crippen LogP contribution in [0.15, 0.2) is 42.5 Å². The lowest BCUT2D eigenvalue weighted by atomic mass is 10.1. The Morgan fingerprint density at radius 1 is 1.15 bits per heavy atom. The highest BCUT2D eigenvalue weighted by atomic mass is 32.2. The zero-order chi connectivity index (χ0) is 19.2. The fourth-order valence-electron chi connectivity index (χ4n) is 2.96. The molecule has 0 radical (unpaired) electrons. The zero-order valence-electron chi connectivity index (χ0n) is 15.7. The highest BCUT2D eigenvalue weighted by Gasteiger charge is 2.20. The molecule has 142 valence electrons. The summed E-state index contributed by atoms with van der Waals surface area (Å²) in [6.45, 7) is 5.81. The van der Waals surface area contributed by atoms with Crippen molar-refractivity contribution >= 4 is 29.3 Å². The topological polar surface area (TPSA) is 58.6 Å². The highest BCUT2D eigenvalue weighted by Crippen LogP contribution is 2.23. The van der Waals surface area contributed by atoms with Gasteiger partial charge in [0.25, 0.3) is 11.8 Å². The molecule has 1 N–H and O–H groups in total. The summed E-state index contributed by atoms with van der Waals surface area (Å²) < 4.78 is 5.54. The zero-order valence-corrected chi connectivity index (χ0v) is 16.5. The molecule has 0 spiro atoms. The molecular formula is C21H24N2O3S. The van der Waals surface area contributed by atoms with Crippen LogP contribution in [0.25, 0.3) is 0 Å². The molecule has 2 aromatic carbocycles. The number of ether oxygens (including phenoxy) is 1. The summed E-state index contributed by atoms with van der Waals surface area (Å²) in [5.41, 5.74) is 2.62. The van der Waals surface area contributed by atoms with Crippen LogP contribution >= 0.6 is 11.8 Å². The van der Waals surface area contributed by atoms with Crippen molar-refractivity contribution < 1.29 is 14.3 Å². The lowest BCUT2D eigenvalue weighted by molar-refractivity contribution is 0.0772. The molecule has 0 aromatic heterocycles. The van der Waals surface area contributed by atoms with E-state index in [0.717, 1.165) is 30.2 Å². The minimum Gasteiger partial charge on any atom is -0.493 e. The second-order valence-corrected chi connectivity index (χ2v) is 7.54. The number of thioether (sulfide) groups is 1. The molecule has 2 amide bonds. The van der Waals surface area contributed by atoms with Crippen LogP contribution in [-0.2, 0) is 0 Å². The van der Waals surface area contributed by atoms with E-state index in [2.05, 4.69) is 5.32 Å². The van der Waals surface area contributed by atoms with Crippen LogP contribution in [0.3, 0.4) is 0 Å². The molecule has 1 saturated heterocycles. The van der Waals surface area contributed by atoms with Crippen LogP contribution in [-0.4, -0.2) is 47.9 Å². The Morgan fingerprint density at radius 3 is 2.63 bits per heavy atom. The van der Waals surface area contributed by atoms with Crippen molar-refractivity contribution in [3.63, 3.8) is 0 Å². The Hall–Kier alpha value is -2.47. The Balaban J connectivity index is 1.80. The first-order chi connectivity index (χ1) is 13.1. The fourth-order valence-corrected chi connectivity index (χ4v) is 3.87. The smallest absolute Gasteiger partial charge is 0.259 e. The van der Waals surface area contributed by atoms with E-state index in [9.17, 15) is 9.59 Å². The molecule has 0 bridgehead atoms. The summed E-state index contributed by atoms with van der Waals surface area (Å²) in [6, 6.07) is 12.6. The number of para-hydroxylation sites is 1. The molecule has 27 heavy (non-hydrogen) atoms. The number of benzene rings is 2. The van der Waals surface area contributed by atoms with Crippen molar-refractivity contribution in [2.75, 3.05) is 36.5 Å². The number of hydrogen-bond donors (Lipinski definition) is 1. The van der Waals surface area contributed by atoms with Crippen molar-refractivity contribution in [3.05, 3.63) is 59.2 Å². The number of aryl methyl sites for hydroxylation is 1. The van der Waals surface area contributed by atoms with Crippen LogP contribution in [0.2, 0.25) is 0 Å². The van der Waals surface area contributed by atoms with Gasteiger partial charge >= 0.3 is 0 Å². The van der Waals surface area contributed by atoms with Gasteiger partial charge in [0.15, 0.2) is 0 Å². The number of carbonyl (C=O) groups excluding carboxylic acids is 2. The third-order valence-electron chi connectivity index (χ3n) is 4.46. The molecule has 0 atom stereocenters. The number of nitrogens with one attached hydrogen (secondary N) is 1. The Bertz CT molecular complexity index is 832. The maximum Gasteiger partial charge on any atom is 0.259 e. The molecule has 0 saturated carbocycles. The summed E-state index contributed by atoms with van der Waals surface area (Å²) in [5.74, 6) is 2.25. The number of rotatable bonds is 5. The van der Waals surface area contributed by atoms with Gasteiger partial charge in [-0.15, -0.1) is 0 Å². The van der Waals surface area contributed by atoms with E-state index in [-0.39, 0.29) is 11.8 Å². The first-order valence-corrected chi connectivity index (χ1v) is 10.3. The van der Waals surface area contributed by atoms with E-state index >= 15 is 0 Å². The number of anilines is 1. The molecule has 3 rings (SSSR count). The second-order valence-electron chi connectivity index (χ2n) is 6.32. The van der Waals surface area contributed by atoms with E-state index in [1.165, 1.54) is 0 Å². The van der Waals surface area contributed by atoms with Gasteiger partial charge in [-0.05, 0) is 43.7 Å². The number of hydrogen-bond acceptors (Lipinski definition) is 4. The standard InChI is InChI=1S/C21H24N2O3S/c1-3-26-19-7-5-4-6-17(19)20(24)22-18-14-16(9-8-15(18)2)21(25)23-10-12-27-13-11-23/h4-9,14H,3,10-13H2,1-2H3,(H,22,24). The maximum atomic E-state index is 12.8. The summed E-state index contributed by atoms with van der Waals surface area (Å²) in [6.07, 6.45) is 0. The van der Waals surface area contributed by atoms with Gasteiger partial charge in [0.2, 0.25) is 0 Å². The first-order valence-electron chi connectivity index (χ1n) is 9.11. The minimum absolute atomic E-state index is 0.0144. The SMILES string of the molecule is CCOc1ccccc1C(=O)Nc1cc(C(=O)N2CCSCC2)ccc1C. The van der Waals surface area contributed by atoms with E-state index in [4.69, 9.17) is 4.74 Å². The molecule has 1 fully saturated rings. The third kappa shape index (κ3) is 4.63. The molecular weight excluding hydrogens is 360 g/mol. The molecule has 6 heteroatoms. The van der Waals surface area contributed by atoms with Crippen LogP contribution in [0.4, 0.5) is 5.69 Å². The van der Waals surface area contributed by atoms with Gasteiger partial charge in [-0.25, -0.2) is 0 Å². The Kier molecular flexibility index (Phi) is 6.40. The largest absolute Gasteiger partial charge is 0.493 e. The van der Waals surface area contributed by atoms with Crippen molar-refractivity contribution in [1.82, 2.24) is 4.90 Å². The van der Waals surface area contributed by atoms with E-state index in [0.29, 0.717) is 29.2 Å². The molecule has 0 unspecified atom stereocenters. The molecule has 0 aliphatic carbocycles. The predicted octanol–water partition coefficient (Wildman–Crippen LogP) is 3.84. The third-order valence-corrected chi connectivity index (χ3v) is 5.41. The van der Waals surface area contributed by atoms with Crippen molar-refractivity contribution in [2.45, 2.75) is 13.8 Å². The summed E-state index contributed by atoms with van der Waals surface area (Å²) >= 11 is 1.87. The monoisotopic (exact) mass is 384 g/mol. The van der Waals surface area contributed by atoms with E-state index in [1.807, 2.05) is 48.7 Å². The molecule has 5 nitrogen and oxygen atoms in total. The minimum atomic E-state index is -0.249. The predicted molar refractivity (Wildman–Crippen MR) is 110 cm³/mol. The van der Waals surface area contributed by atoms with Gasteiger partial charge in [0.1, 0.15) is 5.75 Å². The molecule has 1 aliphatic rings. The summed E-state index contributed by atoms with van der Waals surface area (Å²) in [5, 5.41) is 2.93. The normalized spacial score (nSPS) is 13.9. The first kappa shape index (κ1) is 19.3.